The van der Waals surface area contributed by atoms with Crippen LogP contribution >= 0.6 is 11.3 Å². The van der Waals surface area contributed by atoms with E-state index >= 15 is 0 Å². The lowest BCUT2D eigenvalue weighted by Gasteiger charge is -2.29. The molecule has 2 aliphatic rings. The van der Waals surface area contributed by atoms with Crippen molar-refractivity contribution in [3.63, 3.8) is 0 Å². The Morgan fingerprint density at radius 1 is 1.11 bits per heavy atom. The van der Waals surface area contributed by atoms with E-state index in [1.54, 1.807) is 22.1 Å². The number of benzene rings is 2. The number of aromatic nitrogens is 1. The summed E-state index contributed by atoms with van der Waals surface area (Å²) >= 11 is 1.21. The highest BCUT2D eigenvalue weighted by atomic mass is 32.1. The smallest absolute Gasteiger partial charge is 0.407 e. The number of methoxy groups -OCH3 is 1. The summed E-state index contributed by atoms with van der Waals surface area (Å²) in [5.74, 6) is 0.798. The fourth-order valence-electron chi connectivity index (χ4n) is 5.36. The van der Waals surface area contributed by atoms with Crippen molar-refractivity contribution in [1.29, 1.82) is 0 Å². The number of aryl methyl sites for hydroxylation is 1. The number of alkyl carbamates (subject to hydrolysis) is 1. The second-order valence-corrected chi connectivity index (χ2v) is 11.5. The van der Waals surface area contributed by atoms with E-state index in [0.29, 0.717) is 63.2 Å². The minimum atomic E-state index is -0.582. The van der Waals surface area contributed by atoms with Gasteiger partial charge in [-0.1, -0.05) is 24.3 Å². The number of hydrogen-bond donors (Lipinski definition) is 3. The van der Waals surface area contributed by atoms with E-state index in [1.807, 2.05) is 55.5 Å². The zero-order valence-corrected chi connectivity index (χ0v) is 25.3. The zero-order chi connectivity index (χ0) is 31.5. The van der Waals surface area contributed by atoms with Gasteiger partial charge in [0.25, 0.3) is 5.91 Å². The van der Waals surface area contributed by atoms with Crippen LogP contribution in [0, 0.1) is 6.92 Å². The van der Waals surface area contributed by atoms with E-state index in [1.165, 1.54) is 30.6 Å². The standard InChI is InChI=1S/C32H30N6O6S/c1-19-17-22(44-21-7-4-3-5-8-21)10-11-23(19)38-24-12-15-33-30-26(24)27(36-31(38)41)28(45-30)29(40)35-20-13-16-37(18-20)25(39)9-6-14-34-32(42)43-2/h3-12,15,17,20H,13-14,16,18H2,1-2H3,(H,34,42)(H,35,40)(H,36,41). The minimum Gasteiger partial charge on any atom is -0.457 e. The first-order valence-corrected chi connectivity index (χ1v) is 15.1. The molecule has 0 aliphatic carbocycles. The molecule has 0 saturated carbocycles. The Bertz CT molecular complexity index is 1820. The van der Waals surface area contributed by atoms with Gasteiger partial charge in [-0.15, -0.1) is 11.3 Å². The highest BCUT2D eigenvalue weighted by molar-refractivity contribution is 7.21. The third-order valence-electron chi connectivity index (χ3n) is 7.49. The summed E-state index contributed by atoms with van der Waals surface area (Å²) < 4.78 is 10.5. The summed E-state index contributed by atoms with van der Waals surface area (Å²) in [5.41, 5.74) is 2.55. The van der Waals surface area contributed by atoms with Crippen LogP contribution in [0.15, 0.2) is 72.9 Å². The van der Waals surface area contributed by atoms with E-state index in [9.17, 15) is 19.2 Å². The van der Waals surface area contributed by atoms with Gasteiger partial charge in [0.2, 0.25) is 5.91 Å². The number of pyridine rings is 1. The van der Waals surface area contributed by atoms with Crippen LogP contribution in [0.1, 0.15) is 21.7 Å². The van der Waals surface area contributed by atoms with Gasteiger partial charge in [0, 0.05) is 37.9 Å². The molecule has 4 aromatic rings. The average Bonchev–Trinajstić information content (AvgIpc) is 3.66. The fourth-order valence-corrected chi connectivity index (χ4v) is 6.38. The van der Waals surface area contributed by atoms with Crippen molar-refractivity contribution in [1.82, 2.24) is 20.5 Å². The number of carbonyl (C=O) groups is 4. The second-order valence-electron chi connectivity index (χ2n) is 10.5. The molecule has 1 atom stereocenters. The molecule has 2 aromatic carbocycles. The minimum absolute atomic E-state index is 0.161. The highest BCUT2D eigenvalue weighted by Crippen LogP contribution is 2.46. The zero-order valence-electron chi connectivity index (χ0n) is 24.5. The molecular weight excluding hydrogens is 596 g/mol. The molecule has 1 saturated heterocycles. The molecule has 1 unspecified atom stereocenters. The molecule has 3 N–H and O–H groups in total. The van der Waals surface area contributed by atoms with Gasteiger partial charge in [0.05, 0.1) is 29.6 Å². The normalized spacial score (nSPS) is 15.7. The molecule has 12 nitrogen and oxygen atoms in total. The van der Waals surface area contributed by atoms with Gasteiger partial charge in [-0.05, 0) is 55.3 Å². The van der Waals surface area contributed by atoms with Crippen LogP contribution in [-0.4, -0.2) is 66.6 Å². The first-order chi connectivity index (χ1) is 21.8. The Morgan fingerprint density at radius 3 is 2.71 bits per heavy atom. The number of thiophene rings is 1. The molecule has 2 aliphatic heterocycles. The van der Waals surface area contributed by atoms with Crippen LogP contribution < -0.4 is 25.6 Å². The van der Waals surface area contributed by atoms with Crippen LogP contribution in [0.3, 0.4) is 0 Å². The number of hydrogen-bond acceptors (Lipinski definition) is 8. The largest absolute Gasteiger partial charge is 0.457 e. The van der Waals surface area contributed by atoms with Gasteiger partial charge in [-0.3, -0.25) is 14.5 Å². The molecule has 0 bridgehead atoms. The Hall–Kier alpha value is -5.43. The first-order valence-electron chi connectivity index (χ1n) is 14.3. The molecular formula is C32H30N6O6S. The van der Waals surface area contributed by atoms with Crippen LogP contribution in [0.5, 0.6) is 11.5 Å². The third-order valence-corrected chi connectivity index (χ3v) is 8.58. The molecule has 45 heavy (non-hydrogen) atoms. The van der Waals surface area contributed by atoms with Crippen LogP contribution in [0.25, 0.3) is 10.2 Å². The molecule has 5 amide bonds. The highest BCUT2D eigenvalue weighted by Gasteiger charge is 2.34. The van der Waals surface area contributed by atoms with E-state index in [0.717, 1.165) is 5.56 Å². The topological polar surface area (TPSA) is 142 Å². The first kappa shape index (κ1) is 29.6. The Labute approximate surface area is 262 Å². The van der Waals surface area contributed by atoms with Crippen LogP contribution in [-0.2, 0) is 9.53 Å². The van der Waals surface area contributed by atoms with E-state index in [4.69, 9.17) is 4.74 Å². The molecule has 13 heteroatoms. The number of carbonyl (C=O) groups excluding carboxylic acids is 4. The summed E-state index contributed by atoms with van der Waals surface area (Å²) in [4.78, 5) is 59.4. The number of ether oxygens (including phenoxy) is 2. The van der Waals surface area contributed by atoms with Crippen molar-refractivity contribution in [3.8, 4) is 11.5 Å². The van der Waals surface area contributed by atoms with Gasteiger partial charge >= 0.3 is 12.1 Å². The SMILES string of the molecule is COC(=O)NCC=CC(=O)N1CCC(NC(=O)c2sc3nccc4c3c2NC(=O)N4c2ccc(Oc3ccccc3)cc2C)C1. The summed E-state index contributed by atoms with van der Waals surface area (Å²) in [6, 6.07) is 16.1. The Balaban J connectivity index is 1.17. The fraction of sp³-hybridized carbons (Fsp3) is 0.219. The monoisotopic (exact) mass is 626 g/mol. The molecule has 6 rings (SSSR count). The number of urea groups is 1. The molecule has 0 radical (unpaired) electrons. The summed E-state index contributed by atoms with van der Waals surface area (Å²) in [6.45, 7) is 2.88. The Morgan fingerprint density at radius 2 is 1.93 bits per heavy atom. The lowest BCUT2D eigenvalue weighted by Crippen LogP contribution is -2.39. The number of nitrogens with zero attached hydrogens (tertiary/aromatic N) is 3. The van der Waals surface area contributed by atoms with Crippen LogP contribution in [0.2, 0.25) is 0 Å². The lowest BCUT2D eigenvalue weighted by atomic mass is 10.1. The molecule has 1 fully saturated rings. The lowest BCUT2D eigenvalue weighted by molar-refractivity contribution is -0.125. The predicted molar refractivity (Wildman–Crippen MR) is 170 cm³/mol. The number of rotatable bonds is 8. The Kier molecular flexibility index (Phi) is 8.34. The maximum atomic E-state index is 13.6. The van der Waals surface area contributed by atoms with Crippen molar-refractivity contribution < 1.29 is 28.7 Å². The number of likely N-dealkylation sites (tertiary alicyclic amines) is 1. The maximum Gasteiger partial charge on any atom is 0.407 e. The van der Waals surface area contributed by atoms with Gasteiger partial charge in [0.1, 0.15) is 21.2 Å². The number of amides is 5. The average molecular weight is 627 g/mol. The van der Waals surface area contributed by atoms with Gasteiger partial charge in [-0.25, -0.2) is 14.6 Å². The van der Waals surface area contributed by atoms with Crippen molar-refractivity contribution in [3.05, 3.63) is 83.4 Å². The van der Waals surface area contributed by atoms with E-state index < -0.39 is 12.1 Å². The quantitative estimate of drug-likeness (QED) is 0.225. The van der Waals surface area contributed by atoms with E-state index in [-0.39, 0.29) is 24.4 Å². The molecule has 0 spiro atoms. The molecule has 4 heterocycles. The van der Waals surface area contributed by atoms with E-state index in [2.05, 4.69) is 25.7 Å². The summed E-state index contributed by atoms with van der Waals surface area (Å²) in [5, 5.41) is 9.10. The van der Waals surface area contributed by atoms with Crippen LogP contribution in [0.4, 0.5) is 26.7 Å². The summed E-state index contributed by atoms with van der Waals surface area (Å²) in [7, 11) is 1.26. The summed E-state index contributed by atoms with van der Waals surface area (Å²) in [6.07, 6.45) is 4.55. The van der Waals surface area contributed by atoms with Crippen molar-refractivity contribution >= 4 is 62.6 Å². The number of para-hydroxylation sites is 1. The number of nitrogens with one attached hydrogen (secondary N) is 3. The predicted octanol–water partition coefficient (Wildman–Crippen LogP) is 5.32. The maximum absolute atomic E-state index is 13.6. The van der Waals surface area contributed by atoms with Crippen molar-refractivity contribution in [2.75, 3.05) is 37.0 Å². The second kappa shape index (κ2) is 12.7. The third kappa shape index (κ3) is 6.15. The van der Waals surface area contributed by atoms with Gasteiger partial charge in [0.15, 0.2) is 0 Å². The molecule has 230 valence electrons. The van der Waals surface area contributed by atoms with Crippen molar-refractivity contribution in [2.45, 2.75) is 19.4 Å². The molecule has 2 aromatic heterocycles. The van der Waals surface area contributed by atoms with Crippen molar-refractivity contribution in [2.24, 2.45) is 0 Å². The number of anilines is 3. The van der Waals surface area contributed by atoms with Gasteiger partial charge < -0.3 is 30.3 Å². The van der Waals surface area contributed by atoms with Gasteiger partial charge in [-0.2, -0.15) is 0 Å².